The van der Waals surface area contributed by atoms with Crippen LogP contribution in [0.2, 0.25) is 5.02 Å². The highest BCUT2D eigenvalue weighted by atomic mass is 35.5. The first kappa shape index (κ1) is 26.6. The molecule has 1 fully saturated rings. The molecule has 0 atom stereocenters. The van der Waals surface area contributed by atoms with Gasteiger partial charge in [-0.15, -0.1) is 0 Å². The summed E-state index contributed by atoms with van der Waals surface area (Å²) < 4.78 is 55.6. The number of rotatable bonds is 5. The van der Waals surface area contributed by atoms with E-state index in [1.54, 1.807) is 0 Å². The molecule has 11 heteroatoms. The lowest BCUT2D eigenvalue weighted by Gasteiger charge is -2.21. The molecule has 0 bridgehead atoms. The predicted octanol–water partition coefficient (Wildman–Crippen LogP) is 4.96. The maximum Gasteiger partial charge on any atom is 0.426 e. The lowest BCUT2D eigenvalue weighted by Crippen LogP contribution is -2.31. The van der Waals surface area contributed by atoms with Crippen LogP contribution in [0, 0.1) is 11.7 Å². The van der Waals surface area contributed by atoms with Gasteiger partial charge in [0.2, 0.25) is 11.9 Å². The van der Waals surface area contributed by atoms with E-state index in [1.165, 1.54) is 6.07 Å². The van der Waals surface area contributed by atoms with Gasteiger partial charge in [0.05, 0.1) is 10.7 Å². The summed E-state index contributed by atoms with van der Waals surface area (Å²) in [7, 11) is 0. The minimum atomic E-state index is -4.67. The van der Waals surface area contributed by atoms with Crippen LogP contribution in [0.4, 0.5) is 23.2 Å². The smallest absolute Gasteiger partial charge is 0.381 e. The lowest BCUT2D eigenvalue weighted by atomic mass is 10.0. The number of ether oxygens (including phenoxy) is 1. The molecule has 6 nitrogen and oxygen atoms in total. The van der Waals surface area contributed by atoms with Gasteiger partial charge in [-0.3, -0.25) is 4.79 Å². The van der Waals surface area contributed by atoms with Crippen LogP contribution < -0.4 is 10.6 Å². The van der Waals surface area contributed by atoms with E-state index in [9.17, 15) is 22.4 Å². The van der Waals surface area contributed by atoms with Gasteiger partial charge in [-0.25, -0.2) is 14.4 Å². The van der Waals surface area contributed by atoms with Gasteiger partial charge < -0.3 is 15.4 Å². The van der Waals surface area contributed by atoms with E-state index >= 15 is 0 Å². The van der Waals surface area contributed by atoms with Gasteiger partial charge >= 0.3 is 6.18 Å². The van der Waals surface area contributed by atoms with E-state index in [2.05, 4.69) is 20.6 Å². The molecule has 1 amide bonds. The summed E-state index contributed by atoms with van der Waals surface area (Å²) in [6, 6.07) is 3.27. The van der Waals surface area contributed by atoms with Crippen molar-refractivity contribution in [3.8, 4) is 0 Å². The summed E-state index contributed by atoms with van der Waals surface area (Å²) in [5.41, 5.74) is 0.100. The molecule has 0 spiro atoms. The van der Waals surface area contributed by atoms with E-state index in [4.69, 9.17) is 16.3 Å². The van der Waals surface area contributed by atoms with E-state index in [-0.39, 0.29) is 16.9 Å². The molecule has 1 saturated heterocycles. The van der Waals surface area contributed by atoms with E-state index in [1.807, 2.05) is 13.8 Å². The Morgan fingerprint density at radius 2 is 1.97 bits per heavy atom. The summed E-state index contributed by atoms with van der Waals surface area (Å²) >= 11 is 5.84. The number of nitrogens with zero attached hydrogens (tertiary/aromatic N) is 2. The zero-order valence-corrected chi connectivity index (χ0v) is 17.9. The molecule has 172 valence electrons. The molecule has 1 aliphatic heterocycles. The first-order valence-corrected chi connectivity index (χ1v) is 10.0. The fourth-order valence-corrected chi connectivity index (χ4v) is 2.59. The number of alkyl halides is 3. The van der Waals surface area contributed by atoms with Crippen molar-refractivity contribution in [2.24, 2.45) is 15.9 Å². The highest BCUT2D eigenvalue weighted by molar-refractivity contribution is 6.33. The van der Waals surface area contributed by atoms with E-state index in [0.29, 0.717) is 25.7 Å². The van der Waals surface area contributed by atoms with Crippen LogP contribution in [0.3, 0.4) is 0 Å². The van der Waals surface area contributed by atoms with Crippen molar-refractivity contribution in [1.29, 1.82) is 0 Å². The number of carbonyl (C=O) groups excluding carboxylic acids is 1. The Morgan fingerprint density at radius 1 is 1.29 bits per heavy atom. The Balaban J connectivity index is 0.00000233. The lowest BCUT2D eigenvalue weighted by molar-refractivity contribution is -0.116. The third-order valence-electron chi connectivity index (χ3n) is 3.84. The Bertz CT molecular complexity index is 792. The summed E-state index contributed by atoms with van der Waals surface area (Å²) in [6.07, 6.45) is -1.17. The minimum absolute atomic E-state index is 0.0712. The Hall–Kier alpha value is -2.46. The molecule has 0 aliphatic carbocycles. The van der Waals surface area contributed by atoms with Gasteiger partial charge in [0.25, 0.3) is 0 Å². The number of hydrogen-bond acceptors (Lipinski definition) is 3. The first-order chi connectivity index (χ1) is 14.7. The molecule has 0 radical (unpaired) electrons. The number of aliphatic imine (C=N–C) groups is 2. The normalized spacial score (nSPS) is 15.6. The van der Waals surface area contributed by atoms with Gasteiger partial charge in [-0.1, -0.05) is 25.4 Å². The van der Waals surface area contributed by atoms with Crippen LogP contribution >= 0.6 is 11.6 Å². The Morgan fingerprint density at radius 3 is 2.58 bits per heavy atom. The van der Waals surface area contributed by atoms with Crippen molar-refractivity contribution in [2.45, 2.75) is 32.9 Å². The average molecular weight is 465 g/mol. The number of carbonyl (C=O) groups is 1. The highest BCUT2D eigenvalue weighted by Gasteiger charge is 2.24. The molecule has 1 aliphatic rings. The van der Waals surface area contributed by atoms with Crippen molar-refractivity contribution in [3.05, 3.63) is 41.3 Å². The second-order valence-electron chi connectivity index (χ2n) is 6.12. The maximum absolute atomic E-state index is 13.1. The molecule has 0 unspecified atom stereocenters. The van der Waals surface area contributed by atoms with Crippen LogP contribution in [0.1, 0.15) is 26.7 Å². The summed E-state index contributed by atoms with van der Waals surface area (Å²) in [4.78, 5) is 18.8. The summed E-state index contributed by atoms with van der Waals surface area (Å²) in [6.45, 7) is 5.77. The standard InChI is InChI=1S/C18H19ClF4N4O2.C2H6/c19-14-9-13(20)1-2-15(14)27-17(26-11-18(21,22)23)24-6-3-16(28)25-10-12-4-7-29-8-5-12;1-2/h1-3,6,9,11-12H,4-5,7-8,10H2,(H,24,27)(H,25,28);1-2H3/b6-3+,26-11+;. The molecular weight excluding hydrogens is 440 g/mol. The molecule has 1 aromatic carbocycles. The molecule has 2 rings (SSSR count). The third-order valence-corrected chi connectivity index (χ3v) is 4.15. The van der Waals surface area contributed by atoms with Crippen molar-refractivity contribution in [2.75, 3.05) is 25.1 Å². The molecule has 31 heavy (non-hydrogen) atoms. The molecular formula is C20H25ClF4N4O2. The van der Waals surface area contributed by atoms with Crippen molar-refractivity contribution in [1.82, 2.24) is 5.32 Å². The zero-order valence-electron chi connectivity index (χ0n) is 17.2. The number of guanidine groups is 1. The Kier molecular flexibility index (Phi) is 11.8. The second-order valence-corrected chi connectivity index (χ2v) is 6.53. The van der Waals surface area contributed by atoms with Gasteiger partial charge in [0, 0.05) is 32.0 Å². The summed E-state index contributed by atoms with van der Waals surface area (Å²) in [5.74, 6) is -1.22. The number of nitrogens with one attached hydrogen (secondary N) is 2. The second kappa shape index (κ2) is 13.8. The number of benzene rings is 1. The maximum atomic E-state index is 13.1. The van der Waals surface area contributed by atoms with Crippen LogP contribution in [-0.2, 0) is 9.53 Å². The number of anilines is 1. The van der Waals surface area contributed by atoms with E-state index < -0.39 is 23.9 Å². The quantitative estimate of drug-likeness (QED) is 0.280. The van der Waals surface area contributed by atoms with Crippen molar-refractivity contribution in [3.63, 3.8) is 0 Å². The topological polar surface area (TPSA) is 75.1 Å². The molecule has 1 heterocycles. The summed E-state index contributed by atoms with van der Waals surface area (Å²) in [5, 5.41) is 5.09. The fraction of sp³-hybridized carbons (Fsp3) is 0.450. The van der Waals surface area contributed by atoms with Gasteiger partial charge in [0.1, 0.15) is 12.0 Å². The zero-order chi connectivity index (χ0) is 23.3. The molecule has 1 aromatic rings. The number of amides is 1. The third kappa shape index (κ3) is 11.5. The van der Waals surface area contributed by atoms with Crippen LogP contribution in [0.5, 0.6) is 0 Å². The van der Waals surface area contributed by atoms with Crippen LogP contribution in [0.15, 0.2) is 40.5 Å². The number of halogens is 5. The molecule has 0 saturated carbocycles. The van der Waals surface area contributed by atoms with Crippen molar-refractivity contribution >= 4 is 35.4 Å². The molecule has 0 aromatic heterocycles. The predicted molar refractivity (Wildman–Crippen MR) is 114 cm³/mol. The Labute approximate surface area is 183 Å². The average Bonchev–Trinajstić information content (AvgIpc) is 2.74. The van der Waals surface area contributed by atoms with E-state index in [0.717, 1.165) is 37.3 Å². The van der Waals surface area contributed by atoms with Gasteiger partial charge in [-0.05, 0) is 37.0 Å². The van der Waals surface area contributed by atoms with Crippen molar-refractivity contribution < 1.29 is 27.1 Å². The SMILES string of the molecule is CC.O=C(/C=C/N=C(/N=C/C(F)(F)F)Nc1ccc(F)cc1Cl)NCC1CCOCC1. The minimum Gasteiger partial charge on any atom is -0.381 e. The van der Waals surface area contributed by atoms with Gasteiger partial charge in [-0.2, -0.15) is 13.2 Å². The number of hydrogen-bond donors (Lipinski definition) is 2. The monoisotopic (exact) mass is 464 g/mol. The van der Waals surface area contributed by atoms with Crippen LogP contribution in [-0.4, -0.2) is 44.0 Å². The highest BCUT2D eigenvalue weighted by Crippen LogP contribution is 2.22. The first-order valence-electron chi connectivity index (χ1n) is 9.67. The molecule has 2 N–H and O–H groups in total. The van der Waals surface area contributed by atoms with Gasteiger partial charge in [0.15, 0.2) is 0 Å². The van der Waals surface area contributed by atoms with Crippen LogP contribution in [0.25, 0.3) is 0 Å². The largest absolute Gasteiger partial charge is 0.426 e. The fourth-order valence-electron chi connectivity index (χ4n) is 2.37.